The molecule has 5 nitrogen and oxygen atoms in total. The van der Waals surface area contributed by atoms with Gasteiger partial charge in [-0.25, -0.2) is 4.39 Å². The number of carbonyl (C=O) groups is 2. The van der Waals surface area contributed by atoms with Gasteiger partial charge in [0.1, 0.15) is 11.6 Å². The van der Waals surface area contributed by atoms with Gasteiger partial charge < -0.3 is 9.64 Å². The standard InChI is InChI=1S/C23H27FN2O3/c1-29-19-6-4-5-18(17-19)11-12-25-13-15-26(16-14-25)23(28)10-9-22(27)20-7-2-3-8-21(20)24/h2-8,17H,9-16H2,1H3. The highest BCUT2D eigenvalue weighted by atomic mass is 19.1. The van der Waals surface area contributed by atoms with Crippen LogP contribution in [0.2, 0.25) is 0 Å². The second-order valence-corrected chi connectivity index (χ2v) is 7.23. The Balaban J connectivity index is 1.40. The van der Waals surface area contributed by atoms with Gasteiger partial charge >= 0.3 is 0 Å². The fourth-order valence-electron chi connectivity index (χ4n) is 3.54. The molecule has 0 spiro atoms. The molecule has 0 bridgehead atoms. The Hall–Kier alpha value is -2.73. The summed E-state index contributed by atoms with van der Waals surface area (Å²) in [4.78, 5) is 28.7. The summed E-state index contributed by atoms with van der Waals surface area (Å²) in [5, 5.41) is 0. The van der Waals surface area contributed by atoms with E-state index >= 15 is 0 Å². The van der Waals surface area contributed by atoms with Crippen molar-refractivity contribution in [3.8, 4) is 5.75 Å². The molecule has 1 heterocycles. The van der Waals surface area contributed by atoms with Crippen molar-refractivity contribution < 1.29 is 18.7 Å². The van der Waals surface area contributed by atoms with Gasteiger partial charge in [0.2, 0.25) is 5.91 Å². The smallest absolute Gasteiger partial charge is 0.223 e. The lowest BCUT2D eigenvalue weighted by Gasteiger charge is -2.34. The maximum Gasteiger partial charge on any atom is 0.223 e. The summed E-state index contributed by atoms with van der Waals surface area (Å²) in [6.07, 6.45) is 1.09. The van der Waals surface area contributed by atoms with Crippen molar-refractivity contribution in [3.05, 3.63) is 65.5 Å². The van der Waals surface area contributed by atoms with Gasteiger partial charge in [-0.1, -0.05) is 24.3 Å². The second kappa shape index (κ2) is 10.2. The van der Waals surface area contributed by atoms with Gasteiger partial charge in [-0.3, -0.25) is 14.5 Å². The first-order valence-corrected chi connectivity index (χ1v) is 9.97. The molecule has 3 rings (SSSR count). The highest BCUT2D eigenvalue weighted by Crippen LogP contribution is 2.15. The van der Waals surface area contributed by atoms with Crippen LogP contribution < -0.4 is 4.74 Å². The number of rotatable bonds is 8. The first kappa shape index (κ1) is 21.0. The number of nitrogens with zero attached hydrogens (tertiary/aromatic N) is 2. The molecule has 2 aromatic rings. The molecular weight excluding hydrogens is 371 g/mol. The van der Waals surface area contributed by atoms with Crippen molar-refractivity contribution in [2.75, 3.05) is 39.8 Å². The van der Waals surface area contributed by atoms with Crippen molar-refractivity contribution >= 4 is 11.7 Å². The Morgan fingerprint density at radius 3 is 2.48 bits per heavy atom. The highest BCUT2D eigenvalue weighted by Gasteiger charge is 2.22. The third-order valence-corrected chi connectivity index (χ3v) is 5.32. The van der Waals surface area contributed by atoms with Crippen molar-refractivity contribution in [1.29, 1.82) is 0 Å². The van der Waals surface area contributed by atoms with E-state index in [0.717, 1.165) is 31.8 Å². The van der Waals surface area contributed by atoms with E-state index in [9.17, 15) is 14.0 Å². The number of carbonyl (C=O) groups excluding carboxylic acids is 2. The second-order valence-electron chi connectivity index (χ2n) is 7.23. The van der Waals surface area contributed by atoms with E-state index < -0.39 is 5.82 Å². The fourth-order valence-corrected chi connectivity index (χ4v) is 3.54. The molecule has 0 N–H and O–H groups in total. The minimum atomic E-state index is -0.533. The predicted octanol–water partition coefficient (Wildman–Crippen LogP) is 3.18. The van der Waals surface area contributed by atoms with Gasteiger partial charge in [-0.05, 0) is 36.2 Å². The minimum Gasteiger partial charge on any atom is -0.497 e. The topological polar surface area (TPSA) is 49.9 Å². The summed E-state index contributed by atoms with van der Waals surface area (Å²) in [6.45, 7) is 3.88. The van der Waals surface area contributed by atoms with Crippen LogP contribution in [0, 0.1) is 5.82 Å². The number of halogens is 1. The summed E-state index contributed by atoms with van der Waals surface area (Å²) in [5.74, 6) is -0.0343. The first-order chi connectivity index (χ1) is 14.1. The van der Waals surface area contributed by atoms with Crippen LogP contribution in [0.5, 0.6) is 5.75 Å². The number of amides is 1. The Labute approximate surface area is 171 Å². The van der Waals surface area contributed by atoms with Gasteiger partial charge in [-0.15, -0.1) is 0 Å². The zero-order valence-corrected chi connectivity index (χ0v) is 16.8. The van der Waals surface area contributed by atoms with Gasteiger partial charge in [0, 0.05) is 45.6 Å². The Morgan fingerprint density at radius 2 is 1.76 bits per heavy atom. The van der Waals surface area contributed by atoms with E-state index in [0.29, 0.717) is 13.1 Å². The highest BCUT2D eigenvalue weighted by molar-refractivity contribution is 5.98. The van der Waals surface area contributed by atoms with Crippen LogP contribution in [0.25, 0.3) is 0 Å². The summed E-state index contributed by atoms with van der Waals surface area (Å²) in [5.41, 5.74) is 1.29. The lowest BCUT2D eigenvalue weighted by atomic mass is 10.1. The van der Waals surface area contributed by atoms with Crippen molar-refractivity contribution in [2.24, 2.45) is 0 Å². The monoisotopic (exact) mass is 398 g/mol. The van der Waals surface area contributed by atoms with Gasteiger partial charge in [-0.2, -0.15) is 0 Å². The quantitative estimate of drug-likeness (QED) is 0.641. The van der Waals surface area contributed by atoms with E-state index in [1.165, 1.54) is 17.7 Å². The van der Waals surface area contributed by atoms with E-state index in [-0.39, 0.29) is 30.1 Å². The third kappa shape index (κ3) is 5.87. The number of piperazine rings is 1. The molecule has 1 aliphatic heterocycles. The summed E-state index contributed by atoms with van der Waals surface area (Å²) < 4.78 is 18.9. The molecule has 1 aliphatic rings. The normalized spacial score (nSPS) is 14.6. The maximum absolute atomic E-state index is 13.7. The molecule has 0 unspecified atom stereocenters. The number of Topliss-reactive ketones (excluding diaryl/α,β-unsaturated/α-hetero) is 1. The lowest BCUT2D eigenvalue weighted by molar-refractivity contribution is -0.132. The average Bonchev–Trinajstić information content (AvgIpc) is 2.76. The van der Waals surface area contributed by atoms with Gasteiger partial charge in [0.25, 0.3) is 0 Å². The molecule has 1 amide bonds. The molecule has 1 saturated heterocycles. The molecule has 0 aliphatic carbocycles. The Bertz CT molecular complexity index is 848. The zero-order valence-electron chi connectivity index (χ0n) is 16.8. The molecule has 2 aromatic carbocycles. The van der Waals surface area contributed by atoms with E-state index in [1.54, 1.807) is 24.1 Å². The SMILES string of the molecule is COc1cccc(CCN2CCN(C(=O)CCC(=O)c3ccccc3F)CC2)c1. The molecule has 154 valence electrons. The van der Waals surface area contributed by atoms with E-state index in [2.05, 4.69) is 11.0 Å². The van der Waals surface area contributed by atoms with Crippen LogP contribution >= 0.6 is 0 Å². The van der Waals surface area contributed by atoms with Crippen LogP contribution in [0.15, 0.2) is 48.5 Å². The molecule has 0 saturated carbocycles. The summed E-state index contributed by atoms with van der Waals surface area (Å²) in [7, 11) is 1.67. The number of hydrogen-bond acceptors (Lipinski definition) is 4. The number of benzene rings is 2. The Morgan fingerprint density at radius 1 is 1.00 bits per heavy atom. The number of ketones is 1. The van der Waals surface area contributed by atoms with Crippen molar-refractivity contribution in [1.82, 2.24) is 9.80 Å². The number of ether oxygens (including phenoxy) is 1. The van der Waals surface area contributed by atoms with Crippen LogP contribution in [-0.4, -0.2) is 61.3 Å². The molecule has 6 heteroatoms. The molecule has 0 radical (unpaired) electrons. The molecular formula is C23H27FN2O3. The van der Waals surface area contributed by atoms with Crippen LogP contribution in [0.4, 0.5) is 4.39 Å². The zero-order chi connectivity index (χ0) is 20.6. The van der Waals surface area contributed by atoms with Crippen LogP contribution in [0.1, 0.15) is 28.8 Å². The fraction of sp³-hybridized carbons (Fsp3) is 0.391. The molecule has 0 aromatic heterocycles. The molecule has 1 fully saturated rings. The first-order valence-electron chi connectivity index (χ1n) is 9.97. The maximum atomic E-state index is 13.7. The van der Waals surface area contributed by atoms with Crippen LogP contribution in [-0.2, 0) is 11.2 Å². The summed E-state index contributed by atoms with van der Waals surface area (Å²) in [6, 6.07) is 14.0. The van der Waals surface area contributed by atoms with Gasteiger partial charge in [0.15, 0.2) is 5.78 Å². The van der Waals surface area contributed by atoms with E-state index in [4.69, 9.17) is 4.74 Å². The van der Waals surface area contributed by atoms with Gasteiger partial charge in [0.05, 0.1) is 12.7 Å². The predicted molar refractivity (Wildman–Crippen MR) is 110 cm³/mol. The third-order valence-electron chi connectivity index (χ3n) is 5.32. The van der Waals surface area contributed by atoms with Crippen molar-refractivity contribution in [2.45, 2.75) is 19.3 Å². The van der Waals surface area contributed by atoms with E-state index in [1.807, 2.05) is 18.2 Å². The van der Waals surface area contributed by atoms with Crippen molar-refractivity contribution in [3.63, 3.8) is 0 Å². The Kier molecular flexibility index (Phi) is 7.36. The lowest BCUT2D eigenvalue weighted by Crippen LogP contribution is -2.49. The largest absolute Gasteiger partial charge is 0.497 e. The number of hydrogen-bond donors (Lipinski definition) is 0. The average molecular weight is 398 g/mol. The molecule has 29 heavy (non-hydrogen) atoms. The minimum absolute atomic E-state index is 0.0375. The number of methoxy groups -OCH3 is 1. The molecule has 0 atom stereocenters. The summed E-state index contributed by atoms with van der Waals surface area (Å²) >= 11 is 0. The van der Waals surface area contributed by atoms with Crippen LogP contribution in [0.3, 0.4) is 0 Å².